The van der Waals surface area contributed by atoms with Crippen molar-refractivity contribution < 1.29 is 45.1 Å². The van der Waals surface area contributed by atoms with Gasteiger partial charge in [0.1, 0.15) is 5.82 Å². The highest BCUT2D eigenvalue weighted by Gasteiger charge is 2.40. The predicted molar refractivity (Wildman–Crippen MR) is 159 cm³/mol. The van der Waals surface area contributed by atoms with Crippen LogP contribution in [-0.4, -0.2) is 29.9 Å². The van der Waals surface area contributed by atoms with Gasteiger partial charge in [0.05, 0.1) is 47.5 Å². The van der Waals surface area contributed by atoms with Gasteiger partial charge in [-0.2, -0.15) is 26.3 Å². The third-order valence-electron chi connectivity index (χ3n) is 8.61. The SMILES string of the molecule is CCOC(=O)C1CCC(c2cc(-c3ccc(F)cc3C)c(NCC(=O)C(C)(C)c3cc(C(F)(F)F)cc(C(F)(F)F)c3)cn2)CC1. The number of aryl methyl sites for hydroxylation is 1. The molecule has 0 amide bonds. The van der Waals surface area contributed by atoms with Gasteiger partial charge in [0.25, 0.3) is 0 Å². The number of anilines is 1. The summed E-state index contributed by atoms with van der Waals surface area (Å²) in [7, 11) is 0. The van der Waals surface area contributed by atoms with E-state index in [9.17, 15) is 40.3 Å². The van der Waals surface area contributed by atoms with Crippen molar-refractivity contribution in [3.63, 3.8) is 0 Å². The Bertz CT molecular complexity index is 1560. The normalized spacial score (nSPS) is 17.5. The van der Waals surface area contributed by atoms with Crippen molar-refractivity contribution in [1.29, 1.82) is 0 Å². The monoisotopic (exact) mass is 652 g/mol. The van der Waals surface area contributed by atoms with Gasteiger partial charge in [0, 0.05) is 17.2 Å². The van der Waals surface area contributed by atoms with E-state index in [4.69, 9.17) is 4.74 Å². The van der Waals surface area contributed by atoms with Crippen molar-refractivity contribution in [2.75, 3.05) is 18.5 Å². The molecule has 12 heteroatoms. The molecule has 4 rings (SSSR count). The maximum atomic E-state index is 14.0. The number of ketones is 1. The Morgan fingerprint density at radius 2 is 1.46 bits per heavy atom. The van der Waals surface area contributed by atoms with Gasteiger partial charge < -0.3 is 10.1 Å². The van der Waals surface area contributed by atoms with Crippen molar-refractivity contribution >= 4 is 17.4 Å². The lowest BCUT2D eigenvalue weighted by atomic mass is 9.79. The summed E-state index contributed by atoms with van der Waals surface area (Å²) in [4.78, 5) is 30.2. The van der Waals surface area contributed by atoms with Crippen molar-refractivity contribution in [2.24, 2.45) is 5.92 Å². The number of nitrogens with zero attached hydrogens (tertiary/aromatic N) is 1. The number of pyridine rings is 1. The molecule has 1 N–H and O–H groups in total. The van der Waals surface area contributed by atoms with Crippen LogP contribution in [0.3, 0.4) is 0 Å². The number of rotatable bonds is 9. The summed E-state index contributed by atoms with van der Waals surface area (Å²) in [6, 6.07) is 7.20. The van der Waals surface area contributed by atoms with E-state index in [0.717, 1.165) is 5.69 Å². The van der Waals surface area contributed by atoms with Crippen LogP contribution < -0.4 is 5.32 Å². The second-order valence-electron chi connectivity index (χ2n) is 12.1. The molecule has 248 valence electrons. The van der Waals surface area contributed by atoms with Crippen LogP contribution >= 0.6 is 0 Å². The molecule has 0 bridgehead atoms. The molecule has 1 aromatic heterocycles. The number of hydrogen-bond donors (Lipinski definition) is 1. The van der Waals surface area contributed by atoms with Crippen molar-refractivity contribution in [3.05, 3.63) is 82.4 Å². The average Bonchev–Trinajstić information content (AvgIpc) is 2.99. The highest BCUT2D eigenvalue weighted by atomic mass is 19.4. The Morgan fingerprint density at radius 1 is 0.870 bits per heavy atom. The Kier molecular flexibility index (Phi) is 10.2. The smallest absolute Gasteiger partial charge is 0.416 e. The van der Waals surface area contributed by atoms with E-state index in [0.29, 0.717) is 66.8 Å². The first-order chi connectivity index (χ1) is 21.4. The third-order valence-corrected chi connectivity index (χ3v) is 8.61. The number of benzene rings is 2. The van der Waals surface area contributed by atoms with E-state index >= 15 is 0 Å². The quantitative estimate of drug-likeness (QED) is 0.185. The van der Waals surface area contributed by atoms with Crippen molar-refractivity contribution in [3.8, 4) is 11.1 Å². The molecule has 2 aromatic carbocycles. The highest BCUT2D eigenvalue weighted by Crippen LogP contribution is 2.41. The number of hydrogen-bond acceptors (Lipinski definition) is 5. The number of nitrogens with one attached hydrogen (secondary N) is 1. The zero-order valence-electron chi connectivity index (χ0n) is 25.8. The molecule has 1 saturated carbocycles. The first kappa shape index (κ1) is 34.9. The maximum absolute atomic E-state index is 14.0. The van der Waals surface area contributed by atoms with Crippen LogP contribution in [0.15, 0.2) is 48.7 Å². The van der Waals surface area contributed by atoms with Gasteiger partial charge in [-0.1, -0.05) is 6.07 Å². The predicted octanol–water partition coefficient (Wildman–Crippen LogP) is 9.03. The molecule has 0 aliphatic heterocycles. The minimum Gasteiger partial charge on any atom is -0.466 e. The average molecular weight is 653 g/mol. The van der Waals surface area contributed by atoms with Crippen LogP contribution in [0.4, 0.5) is 36.4 Å². The van der Waals surface area contributed by atoms with Gasteiger partial charge in [-0.3, -0.25) is 14.6 Å². The van der Waals surface area contributed by atoms with Crippen LogP contribution in [0.1, 0.15) is 80.3 Å². The Hall–Kier alpha value is -3.96. The number of aromatic nitrogens is 1. The molecule has 1 aliphatic carbocycles. The van der Waals surface area contributed by atoms with Crippen LogP contribution in [0.25, 0.3) is 11.1 Å². The summed E-state index contributed by atoms with van der Waals surface area (Å²) in [6.07, 6.45) is -5.96. The Balaban J connectivity index is 1.63. The minimum absolute atomic E-state index is 0.0240. The van der Waals surface area contributed by atoms with E-state index in [1.54, 1.807) is 19.9 Å². The molecular formula is C34H35F7N2O3. The summed E-state index contributed by atoms with van der Waals surface area (Å²) < 4.78 is 100. The molecule has 0 saturated heterocycles. The van der Waals surface area contributed by atoms with Crippen molar-refractivity contribution in [1.82, 2.24) is 4.98 Å². The molecule has 0 unspecified atom stereocenters. The van der Waals surface area contributed by atoms with Crippen molar-refractivity contribution in [2.45, 2.75) is 77.1 Å². The number of Topliss-reactive ketones (excluding diaryl/α,β-unsaturated/α-hetero) is 1. The molecule has 3 aromatic rings. The van der Waals surface area contributed by atoms with E-state index in [-0.39, 0.29) is 23.9 Å². The number of halogens is 7. The summed E-state index contributed by atoms with van der Waals surface area (Å²) in [6.45, 7) is 5.88. The Labute approximate surface area is 262 Å². The zero-order chi connectivity index (χ0) is 34.0. The molecule has 0 spiro atoms. The Morgan fingerprint density at radius 3 is 2.00 bits per heavy atom. The second kappa shape index (κ2) is 13.4. The largest absolute Gasteiger partial charge is 0.466 e. The maximum Gasteiger partial charge on any atom is 0.416 e. The standard InChI is InChI=1S/C34H35F7N2O3/c1-5-46-31(45)21-8-6-20(7-9-21)28-16-27(26-11-10-25(35)12-19(26)2)29(17-42-28)43-18-30(44)32(3,4)22-13-23(33(36,37)38)15-24(14-22)34(39,40)41/h10-17,20-21,43H,5-9,18H2,1-4H3. The molecule has 1 aliphatic rings. The lowest BCUT2D eigenvalue weighted by molar-refractivity contribution is -0.149. The van der Waals surface area contributed by atoms with Gasteiger partial charge >= 0.3 is 18.3 Å². The van der Waals surface area contributed by atoms with Gasteiger partial charge in [-0.05, 0) is 106 Å². The fraction of sp³-hybridized carbons (Fsp3) is 0.441. The van der Waals surface area contributed by atoms with Crippen LogP contribution in [0, 0.1) is 18.7 Å². The lowest BCUT2D eigenvalue weighted by Crippen LogP contribution is -2.35. The van der Waals surface area contributed by atoms with Crippen LogP contribution in [0.2, 0.25) is 0 Å². The number of carbonyl (C=O) groups excluding carboxylic acids is 2. The molecule has 1 heterocycles. The lowest BCUT2D eigenvalue weighted by Gasteiger charge is -2.28. The number of alkyl halides is 6. The second-order valence-corrected chi connectivity index (χ2v) is 12.1. The third kappa shape index (κ3) is 7.87. The number of esters is 1. The number of carbonyl (C=O) groups is 2. The van der Waals surface area contributed by atoms with Gasteiger partial charge in [0.15, 0.2) is 5.78 Å². The number of ether oxygens (including phenoxy) is 1. The summed E-state index contributed by atoms with van der Waals surface area (Å²) >= 11 is 0. The van der Waals surface area contributed by atoms with E-state index in [1.165, 1.54) is 32.2 Å². The van der Waals surface area contributed by atoms with Gasteiger partial charge in [0.2, 0.25) is 0 Å². The molecule has 0 atom stereocenters. The fourth-order valence-electron chi connectivity index (χ4n) is 5.75. The first-order valence-corrected chi connectivity index (χ1v) is 14.9. The minimum atomic E-state index is -5.05. The summed E-state index contributed by atoms with van der Waals surface area (Å²) in [5, 5.41) is 2.97. The van der Waals surface area contributed by atoms with E-state index in [2.05, 4.69) is 10.3 Å². The van der Waals surface area contributed by atoms with E-state index < -0.39 is 52.6 Å². The zero-order valence-corrected chi connectivity index (χ0v) is 25.8. The summed E-state index contributed by atoms with van der Waals surface area (Å²) in [5.41, 5.74) is -2.21. The van der Waals surface area contributed by atoms with Crippen LogP contribution in [0.5, 0.6) is 0 Å². The van der Waals surface area contributed by atoms with Gasteiger partial charge in [-0.25, -0.2) is 4.39 Å². The molecule has 1 fully saturated rings. The van der Waals surface area contributed by atoms with E-state index in [1.807, 2.05) is 6.07 Å². The van der Waals surface area contributed by atoms with Crippen LogP contribution in [-0.2, 0) is 32.1 Å². The first-order valence-electron chi connectivity index (χ1n) is 14.9. The summed E-state index contributed by atoms with van der Waals surface area (Å²) in [5.74, 6) is -1.48. The topological polar surface area (TPSA) is 68.3 Å². The highest BCUT2D eigenvalue weighted by molar-refractivity contribution is 5.93. The fourth-order valence-corrected chi connectivity index (χ4v) is 5.75. The molecule has 0 radical (unpaired) electrons. The molecular weight excluding hydrogens is 617 g/mol. The van der Waals surface area contributed by atoms with Gasteiger partial charge in [-0.15, -0.1) is 0 Å². The molecule has 46 heavy (non-hydrogen) atoms. The molecule has 5 nitrogen and oxygen atoms in total.